The number of thiophene rings is 1. The van der Waals surface area contributed by atoms with Gasteiger partial charge in [0.2, 0.25) is 0 Å². The van der Waals surface area contributed by atoms with Gasteiger partial charge in [-0.25, -0.2) is 13.2 Å². The number of carbonyl (C=O) groups is 1. The summed E-state index contributed by atoms with van der Waals surface area (Å²) in [4.78, 5) is 11.9. The average molecular weight is 276 g/mol. The highest BCUT2D eigenvalue weighted by Crippen LogP contribution is 2.31. The molecule has 5 nitrogen and oxygen atoms in total. The number of sulfone groups is 1. The van der Waals surface area contributed by atoms with Crippen molar-refractivity contribution in [2.45, 2.75) is 19.4 Å². The van der Waals surface area contributed by atoms with E-state index in [-0.39, 0.29) is 22.1 Å². The van der Waals surface area contributed by atoms with Crippen LogP contribution in [0, 0.1) is 6.92 Å². The van der Waals surface area contributed by atoms with Gasteiger partial charge in [-0.2, -0.15) is 0 Å². The molecule has 1 saturated heterocycles. The SMILES string of the molecule is Cc1cc(OC2CCS(=O)(=O)C2)c(C(=O)O)s1. The molecule has 0 amide bonds. The molecule has 1 N–H and O–H groups in total. The summed E-state index contributed by atoms with van der Waals surface area (Å²) in [6.45, 7) is 1.79. The predicted molar refractivity (Wildman–Crippen MR) is 63.7 cm³/mol. The summed E-state index contributed by atoms with van der Waals surface area (Å²) >= 11 is 1.13. The first-order chi connectivity index (χ1) is 7.87. The minimum atomic E-state index is -3.01. The van der Waals surface area contributed by atoms with E-state index < -0.39 is 21.9 Å². The zero-order chi connectivity index (χ0) is 12.6. The van der Waals surface area contributed by atoms with E-state index in [4.69, 9.17) is 9.84 Å². The molecule has 1 aromatic rings. The Morgan fingerprint density at radius 2 is 2.29 bits per heavy atom. The maximum atomic E-state index is 11.3. The lowest BCUT2D eigenvalue weighted by atomic mass is 10.3. The van der Waals surface area contributed by atoms with Crippen LogP contribution in [0.15, 0.2) is 6.07 Å². The predicted octanol–water partition coefficient (Wildman–Crippen LogP) is 1.32. The van der Waals surface area contributed by atoms with E-state index in [1.165, 1.54) is 0 Å². The first-order valence-corrected chi connectivity index (χ1v) is 7.72. The third-order valence-electron chi connectivity index (χ3n) is 2.50. The smallest absolute Gasteiger partial charge is 0.349 e. The molecule has 0 spiro atoms. The minimum absolute atomic E-state index is 0.0268. The molecule has 94 valence electrons. The van der Waals surface area contributed by atoms with Gasteiger partial charge in [-0.15, -0.1) is 11.3 Å². The van der Waals surface area contributed by atoms with Crippen molar-refractivity contribution in [3.05, 3.63) is 15.8 Å². The van der Waals surface area contributed by atoms with Gasteiger partial charge in [-0.05, 0) is 19.4 Å². The zero-order valence-electron chi connectivity index (χ0n) is 9.17. The number of aromatic carboxylic acids is 1. The van der Waals surface area contributed by atoms with Crippen molar-refractivity contribution in [1.82, 2.24) is 0 Å². The fourth-order valence-corrected chi connectivity index (χ4v) is 4.13. The number of ether oxygens (including phenoxy) is 1. The van der Waals surface area contributed by atoms with E-state index in [9.17, 15) is 13.2 Å². The molecule has 17 heavy (non-hydrogen) atoms. The molecule has 1 aromatic heterocycles. The molecule has 1 aliphatic rings. The van der Waals surface area contributed by atoms with Gasteiger partial charge in [-0.1, -0.05) is 0 Å². The van der Waals surface area contributed by atoms with Crippen molar-refractivity contribution in [1.29, 1.82) is 0 Å². The summed E-state index contributed by atoms with van der Waals surface area (Å²) in [6.07, 6.45) is 0.00289. The zero-order valence-corrected chi connectivity index (χ0v) is 10.8. The maximum Gasteiger partial charge on any atom is 0.349 e. The number of aryl methyl sites for hydroxylation is 1. The van der Waals surface area contributed by atoms with Crippen LogP contribution in [0.2, 0.25) is 0 Å². The van der Waals surface area contributed by atoms with Crippen LogP contribution in [0.5, 0.6) is 5.75 Å². The standard InChI is InChI=1S/C10H12O5S2/c1-6-4-8(9(16-6)10(11)12)15-7-2-3-17(13,14)5-7/h4,7H,2-3,5H2,1H3,(H,11,12). The van der Waals surface area contributed by atoms with Crippen LogP contribution in [0.25, 0.3) is 0 Å². The van der Waals surface area contributed by atoms with Gasteiger partial charge in [-0.3, -0.25) is 0 Å². The third kappa shape index (κ3) is 2.78. The first kappa shape index (κ1) is 12.4. The Bertz CT molecular complexity index is 543. The van der Waals surface area contributed by atoms with Crippen LogP contribution in [0.4, 0.5) is 0 Å². The van der Waals surface area contributed by atoms with Crippen molar-refractivity contribution in [2.24, 2.45) is 0 Å². The number of rotatable bonds is 3. The van der Waals surface area contributed by atoms with E-state index in [2.05, 4.69) is 0 Å². The Kier molecular flexibility index (Phi) is 3.13. The summed E-state index contributed by atoms with van der Waals surface area (Å²) < 4.78 is 28.0. The van der Waals surface area contributed by atoms with Crippen LogP contribution >= 0.6 is 11.3 Å². The van der Waals surface area contributed by atoms with Gasteiger partial charge >= 0.3 is 5.97 Å². The Hall–Kier alpha value is -1.08. The van der Waals surface area contributed by atoms with Gasteiger partial charge < -0.3 is 9.84 Å². The largest absolute Gasteiger partial charge is 0.488 e. The second-order valence-corrected chi connectivity index (χ2v) is 7.48. The average Bonchev–Trinajstić information content (AvgIpc) is 2.70. The van der Waals surface area contributed by atoms with Gasteiger partial charge in [0.1, 0.15) is 11.9 Å². The quantitative estimate of drug-likeness (QED) is 0.900. The molecule has 2 rings (SSSR count). The Balaban J connectivity index is 2.17. The van der Waals surface area contributed by atoms with E-state index in [0.29, 0.717) is 6.42 Å². The lowest BCUT2D eigenvalue weighted by Crippen LogP contribution is -2.18. The van der Waals surface area contributed by atoms with Gasteiger partial charge in [0.25, 0.3) is 0 Å². The van der Waals surface area contributed by atoms with Crippen molar-refractivity contribution < 1.29 is 23.1 Å². The second-order valence-electron chi connectivity index (χ2n) is 4.00. The molecule has 1 aliphatic heterocycles. The number of carboxylic acid groups (broad SMARTS) is 1. The lowest BCUT2D eigenvalue weighted by molar-refractivity contribution is 0.0696. The molecule has 1 fully saturated rings. The lowest BCUT2D eigenvalue weighted by Gasteiger charge is -2.10. The summed E-state index contributed by atoms with van der Waals surface area (Å²) in [6, 6.07) is 1.64. The molecule has 1 atom stereocenters. The van der Waals surface area contributed by atoms with E-state index in [1.54, 1.807) is 13.0 Å². The van der Waals surface area contributed by atoms with Crippen LogP contribution in [-0.2, 0) is 9.84 Å². The van der Waals surface area contributed by atoms with Crippen LogP contribution < -0.4 is 4.74 Å². The van der Waals surface area contributed by atoms with Crippen LogP contribution in [0.1, 0.15) is 21.0 Å². The third-order valence-corrected chi connectivity index (χ3v) is 5.26. The first-order valence-electron chi connectivity index (χ1n) is 5.08. The van der Waals surface area contributed by atoms with Crippen molar-refractivity contribution in [2.75, 3.05) is 11.5 Å². The highest BCUT2D eigenvalue weighted by Gasteiger charge is 2.30. The van der Waals surface area contributed by atoms with Crippen molar-refractivity contribution in [3.8, 4) is 5.75 Å². The molecule has 0 radical (unpaired) electrons. The van der Waals surface area contributed by atoms with E-state index in [1.807, 2.05) is 0 Å². The normalized spacial score (nSPS) is 22.5. The van der Waals surface area contributed by atoms with Crippen molar-refractivity contribution >= 4 is 27.1 Å². The fourth-order valence-electron chi connectivity index (χ4n) is 1.76. The maximum absolute atomic E-state index is 11.3. The van der Waals surface area contributed by atoms with Crippen LogP contribution in [-0.4, -0.2) is 37.1 Å². The molecule has 7 heteroatoms. The summed E-state index contributed by atoms with van der Waals surface area (Å²) in [5, 5.41) is 8.97. The molecule has 0 aromatic carbocycles. The molecule has 0 bridgehead atoms. The molecular formula is C10H12O5S2. The molecule has 2 heterocycles. The summed E-state index contributed by atoms with van der Waals surface area (Å²) in [7, 11) is -3.01. The van der Waals surface area contributed by atoms with Gasteiger partial charge in [0.15, 0.2) is 14.7 Å². The number of carboxylic acids is 1. The van der Waals surface area contributed by atoms with E-state index in [0.717, 1.165) is 16.2 Å². The number of hydrogen-bond donors (Lipinski definition) is 1. The van der Waals surface area contributed by atoms with Gasteiger partial charge in [0, 0.05) is 4.88 Å². The van der Waals surface area contributed by atoms with Crippen molar-refractivity contribution in [3.63, 3.8) is 0 Å². The highest BCUT2D eigenvalue weighted by atomic mass is 32.2. The highest BCUT2D eigenvalue weighted by molar-refractivity contribution is 7.91. The van der Waals surface area contributed by atoms with Crippen LogP contribution in [0.3, 0.4) is 0 Å². The molecular weight excluding hydrogens is 264 g/mol. The summed E-state index contributed by atoms with van der Waals surface area (Å²) in [5.41, 5.74) is 0. The Morgan fingerprint density at radius 1 is 1.59 bits per heavy atom. The molecule has 0 aliphatic carbocycles. The van der Waals surface area contributed by atoms with E-state index >= 15 is 0 Å². The topological polar surface area (TPSA) is 80.7 Å². The second kappa shape index (κ2) is 4.30. The molecule has 0 saturated carbocycles. The fraction of sp³-hybridized carbons (Fsp3) is 0.500. The van der Waals surface area contributed by atoms with Gasteiger partial charge in [0.05, 0.1) is 11.5 Å². The number of hydrogen-bond acceptors (Lipinski definition) is 5. The summed E-state index contributed by atoms with van der Waals surface area (Å²) in [5.74, 6) is -0.675. The Labute approximate surface area is 103 Å². The minimum Gasteiger partial charge on any atom is -0.488 e. The molecule has 1 unspecified atom stereocenters. The monoisotopic (exact) mass is 276 g/mol. The Morgan fingerprint density at radius 3 is 2.82 bits per heavy atom.